The molecule has 2 aliphatic rings. The topological polar surface area (TPSA) is 63.7 Å². The van der Waals surface area contributed by atoms with E-state index in [9.17, 15) is 18.8 Å². The number of nitrogens with zero attached hydrogens (tertiary/aromatic N) is 1. The summed E-state index contributed by atoms with van der Waals surface area (Å²) in [6.07, 6.45) is 4.94. The number of esters is 1. The maximum atomic E-state index is 13.7. The van der Waals surface area contributed by atoms with Gasteiger partial charge in [-0.3, -0.25) is 9.59 Å². The molecule has 1 aliphatic heterocycles. The first-order valence-corrected chi connectivity index (χ1v) is 8.66. The highest BCUT2D eigenvalue weighted by Crippen LogP contribution is 2.38. The number of carbonyl (C=O) groups is 3. The number of imide groups is 1. The van der Waals surface area contributed by atoms with Crippen molar-refractivity contribution in [3.05, 3.63) is 72.1 Å². The summed E-state index contributed by atoms with van der Waals surface area (Å²) in [6, 6.07) is 11.7. The summed E-state index contributed by atoms with van der Waals surface area (Å²) >= 11 is 0. The molecule has 0 bridgehead atoms. The molecular formula is C21H16FNO4. The number of anilines is 1. The Morgan fingerprint density at radius 1 is 0.963 bits per heavy atom. The highest BCUT2D eigenvalue weighted by atomic mass is 19.1. The van der Waals surface area contributed by atoms with E-state index in [0.717, 1.165) is 4.90 Å². The van der Waals surface area contributed by atoms with Gasteiger partial charge in [0.2, 0.25) is 11.8 Å². The first-order valence-electron chi connectivity index (χ1n) is 8.66. The summed E-state index contributed by atoms with van der Waals surface area (Å²) in [5.74, 6) is -2.56. The molecule has 0 N–H and O–H groups in total. The Labute approximate surface area is 155 Å². The van der Waals surface area contributed by atoms with Crippen LogP contribution in [0, 0.1) is 17.7 Å². The molecule has 1 saturated heterocycles. The van der Waals surface area contributed by atoms with Gasteiger partial charge in [-0.15, -0.1) is 0 Å². The van der Waals surface area contributed by atoms with E-state index in [1.54, 1.807) is 12.1 Å². The molecular weight excluding hydrogens is 349 g/mol. The predicted octanol–water partition coefficient (Wildman–Crippen LogP) is 3.50. The second-order valence-corrected chi connectivity index (χ2v) is 6.53. The number of hydrogen-bond donors (Lipinski definition) is 0. The third-order valence-corrected chi connectivity index (χ3v) is 4.89. The van der Waals surface area contributed by atoms with Crippen molar-refractivity contribution in [3.8, 4) is 5.75 Å². The summed E-state index contributed by atoms with van der Waals surface area (Å²) in [5, 5.41) is 0. The molecule has 2 amide bonds. The Morgan fingerprint density at radius 2 is 1.63 bits per heavy atom. The predicted molar refractivity (Wildman–Crippen MR) is 95.6 cm³/mol. The maximum Gasteiger partial charge on any atom is 0.346 e. The number of benzene rings is 2. The van der Waals surface area contributed by atoms with E-state index in [1.807, 2.05) is 12.2 Å². The molecule has 27 heavy (non-hydrogen) atoms. The number of ether oxygens (including phenoxy) is 1. The molecule has 2 aromatic carbocycles. The minimum absolute atomic E-state index is 0.134. The average molecular weight is 365 g/mol. The minimum Gasteiger partial charge on any atom is -0.423 e. The van der Waals surface area contributed by atoms with Gasteiger partial charge in [-0.2, -0.15) is 0 Å². The van der Waals surface area contributed by atoms with E-state index in [2.05, 4.69) is 0 Å². The number of fused-ring (bicyclic) bond motifs is 1. The lowest BCUT2D eigenvalue weighted by atomic mass is 9.85. The fraction of sp³-hybridized carbons (Fsp3) is 0.190. The van der Waals surface area contributed by atoms with Crippen LogP contribution in [0.1, 0.15) is 23.2 Å². The zero-order valence-corrected chi connectivity index (χ0v) is 14.3. The standard InChI is InChI=1S/C21H16FNO4/c22-18-11-4-3-10-17(18)21(26)27-14-7-5-6-13(12-14)23-19(24)15-8-1-2-9-16(15)20(23)25/h1-7,10-12,15-16H,8-9H2/t15-,16-/m0/s1. The van der Waals surface area contributed by atoms with E-state index >= 15 is 0 Å². The lowest BCUT2D eigenvalue weighted by Crippen LogP contribution is -2.30. The third-order valence-electron chi connectivity index (χ3n) is 4.89. The lowest BCUT2D eigenvalue weighted by Gasteiger charge is -2.15. The monoisotopic (exact) mass is 365 g/mol. The van der Waals surface area contributed by atoms with E-state index in [1.165, 1.54) is 36.4 Å². The van der Waals surface area contributed by atoms with Crippen LogP contribution in [-0.2, 0) is 9.59 Å². The molecule has 0 saturated carbocycles. The number of hydrogen-bond acceptors (Lipinski definition) is 4. The fourth-order valence-corrected chi connectivity index (χ4v) is 3.53. The Balaban J connectivity index is 1.58. The molecule has 0 aromatic heterocycles. The van der Waals surface area contributed by atoms with Crippen LogP contribution in [0.25, 0.3) is 0 Å². The molecule has 4 rings (SSSR count). The van der Waals surface area contributed by atoms with Gasteiger partial charge in [0.05, 0.1) is 23.1 Å². The number of allylic oxidation sites excluding steroid dienone is 2. The minimum atomic E-state index is -0.845. The third kappa shape index (κ3) is 3.03. The number of carbonyl (C=O) groups excluding carboxylic acids is 3. The van der Waals surface area contributed by atoms with Gasteiger partial charge in [0.1, 0.15) is 11.6 Å². The van der Waals surface area contributed by atoms with Gasteiger partial charge in [-0.05, 0) is 37.1 Å². The SMILES string of the molecule is O=C(Oc1cccc(N2C(=O)[C@H]3CC=CC[C@@H]3C2=O)c1)c1ccccc1F. The number of halogens is 1. The molecule has 2 aromatic rings. The Bertz CT molecular complexity index is 942. The smallest absolute Gasteiger partial charge is 0.346 e. The van der Waals surface area contributed by atoms with Crippen LogP contribution < -0.4 is 9.64 Å². The van der Waals surface area contributed by atoms with Crippen molar-refractivity contribution in [2.45, 2.75) is 12.8 Å². The van der Waals surface area contributed by atoms with Gasteiger partial charge in [-0.25, -0.2) is 14.1 Å². The van der Waals surface area contributed by atoms with Gasteiger partial charge in [0.25, 0.3) is 0 Å². The van der Waals surface area contributed by atoms with Gasteiger partial charge in [-0.1, -0.05) is 30.4 Å². The second-order valence-electron chi connectivity index (χ2n) is 6.53. The van der Waals surface area contributed by atoms with Crippen LogP contribution in [0.2, 0.25) is 0 Å². The summed E-state index contributed by atoms with van der Waals surface area (Å²) in [7, 11) is 0. The number of amides is 2. The van der Waals surface area contributed by atoms with Crippen molar-refractivity contribution in [2.75, 3.05) is 4.90 Å². The molecule has 136 valence electrons. The van der Waals surface area contributed by atoms with Crippen molar-refractivity contribution in [3.63, 3.8) is 0 Å². The first kappa shape index (κ1) is 17.1. The molecule has 1 fully saturated rings. The normalized spacial score (nSPS) is 21.3. The zero-order valence-electron chi connectivity index (χ0n) is 14.3. The molecule has 2 atom stereocenters. The average Bonchev–Trinajstić information content (AvgIpc) is 2.93. The Morgan fingerprint density at radius 3 is 2.30 bits per heavy atom. The summed E-state index contributed by atoms with van der Waals surface area (Å²) in [4.78, 5) is 38.7. The van der Waals surface area contributed by atoms with Crippen LogP contribution in [-0.4, -0.2) is 17.8 Å². The van der Waals surface area contributed by atoms with Crippen LogP contribution in [0.4, 0.5) is 10.1 Å². The molecule has 1 heterocycles. The molecule has 1 aliphatic carbocycles. The van der Waals surface area contributed by atoms with Crippen molar-refractivity contribution in [1.82, 2.24) is 0 Å². The van der Waals surface area contributed by atoms with Crippen molar-refractivity contribution >= 4 is 23.5 Å². The summed E-state index contributed by atoms with van der Waals surface area (Å²) in [6.45, 7) is 0. The summed E-state index contributed by atoms with van der Waals surface area (Å²) in [5.41, 5.74) is 0.159. The van der Waals surface area contributed by atoms with Crippen molar-refractivity contribution < 1.29 is 23.5 Å². The summed E-state index contributed by atoms with van der Waals surface area (Å²) < 4.78 is 19.0. The quantitative estimate of drug-likeness (QED) is 0.361. The van der Waals surface area contributed by atoms with Gasteiger partial charge in [0, 0.05) is 6.07 Å². The maximum absolute atomic E-state index is 13.7. The Hall–Kier alpha value is -3.28. The molecule has 5 nitrogen and oxygen atoms in total. The fourth-order valence-electron chi connectivity index (χ4n) is 3.53. The molecule has 0 unspecified atom stereocenters. The van der Waals surface area contributed by atoms with Crippen LogP contribution in [0.15, 0.2) is 60.7 Å². The highest BCUT2D eigenvalue weighted by Gasteiger charge is 2.47. The van der Waals surface area contributed by atoms with E-state index in [4.69, 9.17) is 4.74 Å². The molecule has 0 radical (unpaired) electrons. The Kier molecular flexibility index (Phi) is 4.32. The van der Waals surface area contributed by atoms with Crippen LogP contribution >= 0.6 is 0 Å². The van der Waals surface area contributed by atoms with Gasteiger partial charge >= 0.3 is 5.97 Å². The highest BCUT2D eigenvalue weighted by molar-refractivity contribution is 6.22. The largest absolute Gasteiger partial charge is 0.423 e. The lowest BCUT2D eigenvalue weighted by molar-refractivity contribution is -0.122. The van der Waals surface area contributed by atoms with E-state index in [0.29, 0.717) is 18.5 Å². The van der Waals surface area contributed by atoms with Crippen molar-refractivity contribution in [2.24, 2.45) is 11.8 Å². The second kappa shape index (κ2) is 6.79. The van der Waals surface area contributed by atoms with E-state index < -0.39 is 11.8 Å². The van der Waals surface area contributed by atoms with E-state index in [-0.39, 0.29) is 35.0 Å². The van der Waals surface area contributed by atoms with Gasteiger partial charge < -0.3 is 4.74 Å². The van der Waals surface area contributed by atoms with Crippen LogP contribution in [0.3, 0.4) is 0 Å². The van der Waals surface area contributed by atoms with Crippen molar-refractivity contribution in [1.29, 1.82) is 0 Å². The van der Waals surface area contributed by atoms with Crippen LogP contribution in [0.5, 0.6) is 5.75 Å². The molecule has 0 spiro atoms. The first-order chi connectivity index (χ1) is 13.1. The van der Waals surface area contributed by atoms with Gasteiger partial charge in [0.15, 0.2) is 0 Å². The zero-order chi connectivity index (χ0) is 19.0. The molecule has 6 heteroatoms. The number of rotatable bonds is 3.